The van der Waals surface area contributed by atoms with Crippen molar-refractivity contribution in [2.75, 3.05) is 13.1 Å². The van der Waals surface area contributed by atoms with Gasteiger partial charge < -0.3 is 11.1 Å². The molecule has 1 rings (SSSR count). The fourth-order valence-corrected chi connectivity index (χ4v) is 1.32. The lowest BCUT2D eigenvalue weighted by Gasteiger charge is -2.05. The topological polar surface area (TPSA) is 72.9 Å². The van der Waals surface area contributed by atoms with Gasteiger partial charge in [-0.3, -0.25) is 9.48 Å². The molecule has 0 fully saturated rings. The third kappa shape index (κ3) is 2.24. The highest BCUT2D eigenvalue weighted by Crippen LogP contribution is 2.14. The number of nitrogens with zero attached hydrogens (tertiary/aromatic N) is 2. The largest absolute Gasteiger partial charge is 0.349 e. The van der Waals surface area contributed by atoms with Crippen molar-refractivity contribution in [1.29, 1.82) is 0 Å². The monoisotopic (exact) mass is 216 g/mol. The first-order valence-corrected chi connectivity index (χ1v) is 4.78. The highest BCUT2D eigenvalue weighted by molar-refractivity contribution is 6.33. The van der Waals surface area contributed by atoms with E-state index in [1.54, 1.807) is 4.68 Å². The second-order valence-corrected chi connectivity index (χ2v) is 3.11. The summed E-state index contributed by atoms with van der Waals surface area (Å²) < 4.78 is 1.55. The molecule has 1 amide bonds. The average molecular weight is 217 g/mol. The maximum Gasteiger partial charge on any atom is 0.271 e. The third-order valence-electron chi connectivity index (χ3n) is 1.74. The Morgan fingerprint density at radius 3 is 3.07 bits per heavy atom. The summed E-state index contributed by atoms with van der Waals surface area (Å²) in [6, 6.07) is 0. The minimum Gasteiger partial charge on any atom is -0.349 e. The number of amides is 1. The molecule has 1 aromatic heterocycles. The van der Waals surface area contributed by atoms with E-state index in [0.29, 0.717) is 30.4 Å². The van der Waals surface area contributed by atoms with Gasteiger partial charge in [0.1, 0.15) is 5.69 Å². The quantitative estimate of drug-likeness (QED) is 0.758. The van der Waals surface area contributed by atoms with E-state index in [1.165, 1.54) is 6.20 Å². The second-order valence-electron chi connectivity index (χ2n) is 2.70. The molecule has 3 N–H and O–H groups in total. The molecule has 0 saturated heterocycles. The van der Waals surface area contributed by atoms with Crippen molar-refractivity contribution >= 4 is 17.5 Å². The first kappa shape index (κ1) is 11.0. The Hall–Kier alpha value is -1.07. The Labute approximate surface area is 87.2 Å². The molecule has 14 heavy (non-hydrogen) atoms. The number of hydrogen-bond acceptors (Lipinski definition) is 3. The van der Waals surface area contributed by atoms with Crippen molar-refractivity contribution in [2.45, 2.75) is 13.5 Å². The highest BCUT2D eigenvalue weighted by Gasteiger charge is 2.15. The summed E-state index contributed by atoms with van der Waals surface area (Å²) in [4.78, 5) is 11.6. The summed E-state index contributed by atoms with van der Waals surface area (Å²) in [5.74, 6) is -0.236. The number of hydrogen-bond donors (Lipinski definition) is 2. The number of carbonyl (C=O) groups excluding carboxylic acids is 1. The Balaban J connectivity index is 2.82. The van der Waals surface area contributed by atoms with Crippen LogP contribution in [0.1, 0.15) is 17.4 Å². The molecule has 0 aliphatic carbocycles. The summed E-state index contributed by atoms with van der Waals surface area (Å²) in [7, 11) is 0. The van der Waals surface area contributed by atoms with Crippen LogP contribution in [0.25, 0.3) is 0 Å². The van der Waals surface area contributed by atoms with Crippen LogP contribution in [-0.2, 0) is 6.54 Å². The molecule has 0 bridgehead atoms. The number of nitrogens with two attached hydrogens (primary N) is 1. The first-order chi connectivity index (χ1) is 6.70. The zero-order valence-electron chi connectivity index (χ0n) is 7.96. The minimum absolute atomic E-state index is 0.236. The number of rotatable bonds is 4. The molecule has 1 aromatic rings. The normalized spacial score (nSPS) is 10.2. The smallest absolute Gasteiger partial charge is 0.271 e. The van der Waals surface area contributed by atoms with Crippen molar-refractivity contribution in [1.82, 2.24) is 15.1 Å². The van der Waals surface area contributed by atoms with Crippen molar-refractivity contribution in [3.63, 3.8) is 0 Å². The van der Waals surface area contributed by atoms with E-state index < -0.39 is 0 Å². The molecule has 0 aliphatic rings. The maximum absolute atomic E-state index is 11.6. The molecule has 0 aliphatic heterocycles. The van der Waals surface area contributed by atoms with Crippen LogP contribution in [0, 0.1) is 0 Å². The van der Waals surface area contributed by atoms with Gasteiger partial charge in [0.15, 0.2) is 0 Å². The molecule has 78 valence electrons. The number of carbonyl (C=O) groups is 1. The van der Waals surface area contributed by atoms with Gasteiger partial charge in [-0.05, 0) is 6.92 Å². The van der Waals surface area contributed by atoms with Crippen molar-refractivity contribution < 1.29 is 4.79 Å². The number of halogens is 1. The van der Waals surface area contributed by atoms with E-state index in [1.807, 2.05) is 6.92 Å². The van der Waals surface area contributed by atoms with Gasteiger partial charge in [0.2, 0.25) is 0 Å². The zero-order chi connectivity index (χ0) is 10.6. The zero-order valence-corrected chi connectivity index (χ0v) is 8.71. The van der Waals surface area contributed by atoms with Crippen molar-refractivity contribution in [2.24, 2.45) is 5.73 Å². The Morgan fingerprint density at radius 1 is 1.79 bits per heavy atom. The van der Waals surface area contributed by atoms with Crippen molar-refractivity contribution in [3.05, 3.63) is 16.9 Å². The molecular weight excluding hydrogens is 204 g/mol. The summed E-state index contributed by atoms with van der Waals surface area (Å²) in [6.45, 7) is 3.34. The molecule has 0 unspecified atom stereocenters. The van der Waals surface area contributed by atoms with Gasteiger partial charge in [-0.25, -0.2) is 0 Å². The van der Waals surface area contributed by atoms with Gasteiger partial charge >= 0.3 is 0 Å². The molecule has 1 heterocycles. The molecule has 0 spiro atoms. The summed E-state index contributed by atoms with van der Waals surface area (Å²) >= 11 is 5.82. The fraction of sp³-hybridized carbons (Fsp3) is 0.500. The summed E-state index contributed by atoms with van der Waals surface area (Å²) in [5, 5.41) is 6.96. The Kier molecular flexibility index (Phi) is 3.91. The SMILES string of the molecule is CCn1ncc(Cl)c1C(=O)NCCN. The molecule has 0 atom stereocenters. The Bertz CT molecular complexity index is 323. The Morgan fingerprint density at radius 2 is 2.50 bits per heavy atom. The van der Waals surface area contributed by atoms with Gasteiger partial charge in [-0.2, -0.15) is 5.10 Å². The molecular formula is C8H13ClN4O. The first-order valence-electron chi connectivity index (χ1n) is 4.40. The standard InChI is InChI=1S/C8H13ClN4O/c1-2-13-7(6(9)5-12-13)8(14)11-4-3-10/h5H,2-4,10H2,1H3,(H,11,14). The van der Waals surface area contributed by atoms with Crippen LogP contribution in [0.15, 0.2) is 6.20 Å². The van der Waals surface area contributed by atoms with Crippen LogP contribution in [0.3, 0.4) is 0 Å². The highest BCUT2D eigenvalue weighted by atomic mass is 35.5. The second kappa shape index (κ2) is 4.97. The van der Waals surface area contributed by atoms with Crippen molar-refractivity contribution in [3.8, 4) is 0 Å². The molecule has 0 saturated carbocycles. The van der Waals surface area contributed by atoms with Crippen LogP contribution in [0.4, 0.5) is 0 Å². The number of aryl methyl sites for hydroxylation is 1. The summed E-state index contributed by atoms with van der Waals surface area (Å²) in [5.41, 5.74) is 5.66. The minimum atomic E-state index is -0.236. The third-order valence-corrected chi connectivity index (χ3v) is 2.02. The van der Waals surface area contributed by atoms with Gasteiger partial charge in [-0.1, -0.05) is 11.6 Å². The van der Waals surface area contributed by atoms with Crippen LogP contribution < -0.4 is 11.1 Å². The molecule has 6 heteroatoms. The van der Waals surface area contributed by atoms with E-state index in [2.05, 4.69) is 10.4 Å². The lowest BCUT2D eigenvalue weighted by molar-refractivity contribution is 0.0944. The lowest BCUT2D eigenvalue weighted by atomic mass is 10.4. The number of aromatic nitrogens is 2. The molecule has 0 aromatic carbocycles. The fourth-order valence-electron chi connectivity index (χ4n) is 1.10. The van der Waals surface area contributed by atoms with E-state index in [-0.39, 0.29) is 5.91 Å². The average Bonchev–Trinajstić information content (AvgIpc) is 2.56. The van der Waals surface area contributed by atoms with Crippen LogP contribution in [-0.4, -0.2) is 28.8 Å². The van der Waals surface area contributed by atoms with E-state index in [4.69, 9.17) is 17.3 Å². The predicted octanol–water partition coefficient (Wildman–Crippen LogP) is 0.245. The number of nitrogens with one attached hydrogen (secondary N) is 1. The van der Waals surface area contributed by atoms with Gasteiger partial charge in [0, 0.05) is 19.6 Å². The lowest BCUT2D eigenvalue weighted by Crippen LogP contribution is -2.31. The molecule has 5 nitrogen and oxygen atoms in total. The van der Waals surface area contributed by atoms with Crippen LogP contribution in [0.2, 0.25) is 5.02 Å². The predicted molar refractivity (Wildman–Crippen MR) is 54.3 cm³/mol. The van der Waals surface area contributed by atoms with Gasteiger partial charge in [0.25, 0.3) is 5.91 Å². The summed E-state index contributed by atoms with van der Waals surface area (Å²) in [6.07, 6.45) is 1.46. The van der Waals surface area contributed by atoms with Crippen LogP contribution >= 0.6 is 11.6 Å². The van der Waals surface area contributed by atoms with Gasteiger partial charge in [0.05, 0.1) is 11.2 Å². The van der Waals surface area contributed by atoms with E-state index in [0.717, 1.165) is 0 Å². The van der Waals surface area contributed by atoms with E-state index in [9.17, 15) is 4.79 Å². The molecule has 0 radical (unpaired) electrons. The van der Waals surface area contributed by atoms with Crippen LogP contribution in [0.5, 0.6) is 0 Å². The van der Waals surface area contributed by atoms with Gasteiger partial charge in [-0.15, -0.1) is 0 Å². The maximum atomic E-state index is 11.6. The van der Waals surface area contributed by atoms with E-state index >= 15 is 0 Å².